The molecule has 0 unspecified atom stereocenters. The highest BCUT2D eigenvalue weighted by molar-refractivity contribution is 5.89. The van der Waals surface area contributed by atoms with Gasteiger partial charge in [-0.2, -0.15) is 22.9 Å². The number of hydrogen-bond acceptors (Lipinski definition) is 2. The summed E-state index contributed by atoms with van der Waals surface area (Å²) in [7, 11) is 0. The molecule has 5 nitrogen and oxygen atoms in total. The van der Waals surface area contributed by atoms with E-state index in [4.69, 9.17) is 5.21 Å². The number of benzene rings is 1. The quantitative estimate of drug-likeness (QED) is 0.795. The van der Waals surface area contributed by atoms with Gasteiger partial charge in [0.2, 0.25) is 0 Å². The fourth-order valence-corrected chi connectivity index (χ4v) is 1.55. The summed E-state index contributed by atoms with van der Waals surface area (Å²) in [5.74, 6) is 0. The zero-order valence-electron chi connectivity index (χ0n) is 10.5. The molecule has 0 atom stereocenters. The number of aromatic nitrogens is 1. The van der Waals surface area contributed by atoms with Gasteiger partial charge in [0.25, 0.3) is 0 Å². The molecule has 1 aromatic heterocycles. The van der Waals surface area contributed by atoms with Gasteiger partial charge in [-0.1, -0.05) is 18.2 Å². The molecule has 0 aliphatic heterocycles. The second-order valence-electron chi connectivity index (χ2n) is 4.02. The van der Waals surface area contributed by atoms with E-state index in [0.29, 0.717) is 11.8 Å². The smallest absolute Gasteiger partial charge is 0.428 e. The van der Waals surface area contributed by atoms with E-state index < -0.39 is 17.9 Å². The summed E-state index contributed by atoms with van der Waals surface area (Å²) in [5, 5.41) is 11.3. The maximum atomic E-state index is 12.6. The largest absolute Gasteiger partial charge is 0.434 e. The van der Waals surface area contributed by atoms with Crippen molar-refractivity contribution in [2.45, 2.75) is 6.18 Å². The first-order valence-electron chi connectivity index (χ1n) is 5.76. The molecule has 0 spiro atoms. The average molecular weight is 297 g/mol. The number of anilines is 1. The van der Waals surface area contributed by atoms with E-state index in [1.54, 1.807) is 30.3 Å². The van der Waals surface area contributed by atoms with Crippen molar-refractivity contribution in [1.82, 2.24) is 4.73 Å². The normalized spacial score (nSPS) is 12.2. The number of amides is 2. The Morgan fingerprint density at radius 2 is 1.86 bits per heavy atom. The van der Waals surface area contributed by atoms with Gasteiger partial charge in [0.15, 0.2) is 5.69 Å². The molecule has 2 rings (SSSR count). The van der Waals surface area contributed by atoms with Crippen molar-refractivity contribution in [1.29, 1.82) is 0 Å². The predicted molar refractivity (Wildman–Crippen MR) is 67.6 cm³/mol. The van der Waals surface area contributed by atoms with Crippen LogP contribution in [0.15, 0.2) is 53.7 Å². The summed E-state index contributed by atoms with van der Waals surface area (Å²) in [4.78, 5) is 15.1. The summed E-state index contributed by atoms with van der Waals surface area (Å²) in [5.41, 5.74) is -0.855. The van der Waals surface area contributed by atoms with Crippen molar-refractivity contribution >= 4 is 11.7 Å². The summed E-state index contributed by atoms with van der Waals surface area (Å²) in [6.07, 6.45) is -3.99. The molecule has 2 amide bonds. The molecule has 0 fully saturated rings. The highest BCUT2D eigenvalue weighted by atomic mass is 19.4. The van der Waals surface area contributed by atoms with Gasteiger partial charge in [-0.15, -0.1) is 0 Å². The van der Waals surface area contributed by atoms with Gasteiger partial charge in [0.05, 0.1) is 5.36 Å². The SMILES string of the molecule is O=C(/N=c1/ccn(O)c(C(F)(F)F)c1)Nc1ccccc1. The van der Waals surface area contributed by atoms with Crippen LogP contribution in [-0.4, -0.2) is 16.0 Å². The van der Waals surface area contributed by atoms with E-state index in [2.05, 4.69) is 10.3 Å². The maximum Gasteiger partial charge on any atom is 0.434 e. The van der Waals surface area contributed by atoms with Crippen LogP contribution in [0.5, 0.6) is 0 Å². The number of hydrogen-bond donors (Lipinski definition) is 2. The second kappa shape index (κ2) is 5.70. The topological polar surface area (TPSA) is 66.6 Å². The number of pyridine rings is 1. The van der Waals surface area contributed by atoms with E-state index in [0.717, 1.165) is 12.3 Å². The van der Waals surface area contributed by atoms with E-state index >= 15 is 0 Å². The molecule has 0 saturated heterocycles. The number of nitrogens with one attached hydrogen (secondary N) is 1. The lowest BCUT2D eigenvalue weighted by molar-refractivity contribution is -0.151. The Bertz CT molecular complexity index is 709. The third-order valence-electron chi connectivity index (χ3n) is 2.46. The fourth-order valence-electron chi connectivity index (χ4n) is 1.55. The van der Waals surface area contributed by atoms with Gasteiger partial charge in [0, 0.05) is 11.9 Å². The van der Waals surface area contributed by atoms with Gasteiger partial charge in [0.1, 0.15) is 0 Å². The Labute approximate surface area is 116 Å². The molecular formula is C13H10F3N3O2. The van der Waals surface area contributed by atoms with E-state index in [9.17, 15) is 18.0 Å². The minimum atomic E-state index is -4.75. The fraction of sp³-hybridized carbons (Fsp3) is 0.0769. The number of urea groups is 1. The van der Waals surface area contributed by atoms with Crippen LogP contribution < -0.4 is 10.7 Å². The lowest BCUT2D eigenvalue weighted by atomic mass is 10.3. The highest BCUT2D eigenvalue weighted by Crippen LogP contribution is 2.27. The molecule has 21 heavy (non-hydrogen) atoms. The third-order valence-corrected chi connectivity index (χ3v) is 2.46. The Morgan fingerprint density at radius 1 is 1.19 bits per heavy atom. The van der Waals surface area contributed by atoms with Crippen LogP contribution in [0, 0.1) is 0 Å². The van der Waals surface area contributed by atoms with Crippen LogP contribution in [-0.2, 0) is 6.18 Å². The summed E-state index contributed by atoms with van der Waals surface area (Å²) >= 11 is 0. The van der Waals surface area contributed by atoms with Gasteiger partial charge in [-0.25, -0.2) is 4.79 Å². The van der Waals surface area contributed by atoms with Crippen molar-refractivity contribution in [3.63, 3.8) is 0 Å². The van der Waals surface area contributed by atoms with Gasteiger partial charge < -0.3 is 10.5 Å². The van der Waals surface area contributed by atoms with E-state index in [1.807, 2.05) is 0 Å². The summed E-state index contributed by atoms with van der Waals surface area (Å²) < 4.78 is 37.7. The Hall–Kier alpha value is -2.77. The number of rotatable bonds is 1. The molecule has 110 valence electrons. The number of nitrogens with zero attached hydrogens (tertiary/aromatic N) is 2. The summed E-state index contributed by atoms with van der Waals surface area (Å²) in [6, 6.07) is 9.19. The van der Waals surface area contributed by atoms with E-state index in [-0.39, 0.29) is 10.1 Å². The van der Waals surface area contributed by atoms with Gasteiger partial charge >= 0.3 is 12.2 Å². The number of para-hydroxylation sites is 1. The molecule has 0 aliphatic carbocycles. The molecule has 0 saturated carbocycles. The lowest BCUT2D eigenvalue weighted by Crippen LogP contribution is -2.20. The molecule has 0 aliphatic rings. The standard InChI is InChI=1S/C13H10F3N3O2/c14-13(15,16)11-8-10(6-7-19(11)21)18-12(20)17-9-4-2-1-3-5-9/h1-8,21H,(H,17,20)/b18-10-. The number of halogens is 3. The highest BCUT2D eigenvalue weighted by Gasteiger charge is 2.34. The Balaban J connectivity index is 2.27. The van der Waals surface area contributed by atoms with Crippen LogP contribution >= 0.6 is 0 Å². The molecule has 2 aromatic rings. The first kappa shape index (κ1) is 14.6. The van der Waals surface area contributed by atoms with Crippen molar-refractivity contribution in [3.8, 4) is 0 Å². The van der Waals surface area contributed by atoms with Crippen LogP contribution in [0.3, 0.4) is 0 Å². The summed E-state index contributed by atoms with van der Waals surface area (Å²) in [6.45, 7) is 0. The monoisotopic (exact) mass is 297 g/mol. The van der Waals surface area contributed by atoms with Gasteiger partial charge in [-0.3, -0.25) is 0 Å². The molecule has 8 heteroatoms. The lowest BCUT2D eigenvalue weighted by Gasteiger charge is -2.09. The van der Waals surface area contributed by atoms with Crippen molar-refractivity contribution in [3.05, 3.63) is 59.7 Å². The zero-order chi connectivity index (χ0) is 15.5. The molecule has 0 bridgehead atoms. The van der Waals surface area contributed by atoms with Crippen LogP contribution in [0.25, 0.3) is 0 Å². The van der Waals surface area contributed by atoms with Crippen molar-refractivity contribution < 1.29 is 23.2 Å². The minimum absolute atomic E-state index is 0.0753. The van der Waals surface area contributed by atoms with Crippen LogP contribution in [0.2, 0.25) is 0 Å². The molecule has 1 heterocycles. The Morgan fingerprint density at radius 3 is 2.48 bits per heavy atom. The first-order chi connectivity index (χ1) is 9.86. The van der Waals surface area contributed by atoms with Crippen LogP contribution in [0.4, 0.5) is 23.7 Å². The van der Waals surface area contributed by atoms with Gasteiger partial charge in [-0.05, 0) is 24.3 Å². The number of carbonyl (C=O) groups excluding carboxylic acids is 1. The number of carbonyl (C=O) groups is 1. The van der Waals surface area contributed by atoms with Crippen molar-refractivity contribution in [2.75, 3.05) is 5.32 Å². The number of alkyl halides is 3. The van der Waals surface area contributed by atoms with Crippen molar-refractivity contribution in [2.24, 2.45) is 4.99 Å². The molecule has 2 N–H and O–H groups in total. The van der Waals surface area contributed by atoms with E-state index in [1.165, 1.54) is 0 Å². The van der Waals surface area contributed by atoms with Crippen LogP contribution in [0.1, 0.15) is 5.69 Å². The Kier molecular flexibility index (Phi) is 3.97. The third kappa shape index (κ3) is 3.85. The maximum absolute atomic E-state index is 12.6. The zero-order valence-corrected chi connectivity index (χ0v) is 10.5. The predicted octanol–water partition coefficient (Wildman–Crippen LogP) is 2.88. The molecular weight excluding hydrogens is 287 g/mol. The molecule has 0 radical (unpaired) electrons. The first-order valence-corrected chi connectivity index (χ1v) is 5.76. The second-order valence-corrected chi connectivity index (χ2v) is 4.02. The molecule has 1 aromatic carbocycles. The minimum Gasteiger partial charge on any atom is -0.428 e. The average Bonchev–Trinajstić information content (AvgIpc) is 2.41.